The van der Waals surface area contributed by atoms with E-state index in [1.165, 1.54) is 0 Å². The van der Waals surface area contributed by atoms with Crippen LogP contribution in [0, 0.1) is 0 Å². The standard InChI is InChI=1S/C9H12N4O/c1-10-9(8-4-3-5-14-8)7-6-13(2)12-11-7/h3-6,9-10H,1-2H3. The summed E-state index contributed by atoms with van der Waals surface area (Å²) < 4.78 is 6.98. The predicted molar refractivity (Wildman–Crippen MR) is 50.6 cm³/mol. The van der Waals surface area contributed by atoms with Crippen molar-refractivity contribution in [1.29, 1.82) is 0 Å². The van der Waals surface area contributed by atoms with Crippen molar-refractivity contribution in [2.75, 3.05) is 7.05 Å². The minimum atomic E-state index is -0.0290. The van der Waals surface area contributed by atoms with Gasteiger partial charge in [0.05, 0.1) is 12.5 Å². The Labute approximate surface area is 81.7 Å². The molecule has 0 aliphatic heterocycles. The van der Waals surface area contributed by atoms with E-state index in [0.717, 1.165) is 11.5 Å². The van der Waals surface area contributed by atoms with Crippen molar-refractivity contribution in [3.63, 3.8) is 0 Å². The van der Waals surface area contributed by atoms with E-state index in [1.807, 2.05) is 32.4 Å². The van der Waals surface area contributed by atoms with Crippen LogP contribution in [0.1, 0.15) is 17.5 Å². The maximum absolute atomic E-state index is 5.31. The van der Waals surface area contributed by atoms with Gasteiger partial charge in [0.25, 0.3) is 0 Å². The molecule has 0 saturated carbocycles. The van der Waals surface area contributed by atoms with Crippen LogP contribution in [0.15, 0.2) is 29.0 Å². The van der Waals surface area contributed by atoms with Crippen molar-refractivity contribution >= 4 is 0 Å². The average molecular weight is 192 g/mol. The minimum Gasteiger partial charge on any atom is -0.467 e. The molecule has 2 rings (SSSR count). The number of furan rings is 1. The van der Waals surface area contributed by atoms with Gasteiger partial charge in [0, 0.05) is 7.05 Å². The van der Waals surface area contributed by atoms with E-state index in [-0.39, 0.29) is 6.04 Å². The molecule has 0 radical (unpaired) electrons. The molecular weight excluding hydrogens is 180 g/mol. The minimum absolute atomic E-state index is 0.0290. The fourth-order valence-corrected chi connectivity index (χ4v) is 1.39. The van der Waals surface area contributed by atoms with Crippen molar-refractivity contribution in [2.45, 2.75) is 6.04 Å². The Hall–Kier alpha value is -1.62. The van der Waals surface area contributed by atoms with E-state index in [4.69, 9.17) is 4.42 Å². The predicted octanol–water partition coefficient (Wildman–Crippen LogP) is 0.717. The third-order valence-electron chi connectivity index (χ3n) is 2.03. The summed E-state index contributed by atoms with van der Waals surface area (Å²) in [4.78, 5) is 0. The molecule has 1 N–H and O–H groups in total. The highest BCUT2D eigenvalue weighted by atomic mass is 16.3. The Kier molecular flexibility index (Phi) is 2.32. The summed E-state index contributed by atoms with van der Waals surface area (Å²) in [6.07, 6.45) is 3.51. The first kappa shape index (κ1) is 8.96. The first-order valence-corrected chi connectivity index (χ1v) is 4.38. The molecule has 0 aromatic carbocycles. The number of hydrogen-bond acceptors (Lipinski definition) is 4. The van der Waals surface area contributed by atoms with Crippen LogP contribution in [0.4, 0.5) is 0 Å². The van der Waals surface area contributed by atoms with Crippen LogP contribution in [0.2, 0.25) is 0 Å². The van der Waals surface area contributed by atoms with Crippen LogP contribution in [0.25, 0.3) is 0 Å². The SMILES string of the molecule is CNC(c1cn(C)nn1)c1ccco1. The van der Waals surface area contributed by atoms with Gasteiger partial charge in [0.2, 0.25) is 0 Å². The van der Waals surface area contributed by atoms with Gasteiger partial charge in [0.1, 0.15) is 17.5 Å². The van der Waals surface area contributed by atoms with Gasteiger partial charge in [0.15, 0.2) is 0 Å². The normalized spacial score (nSPS) is 13.0. The highest BCUT2D eigenvalue weighted by Crippen LogP contribution is 2.19. The van der Waals surface area contributed by atoms with Crippen LogP contribution in [0.5, 0.6) is 0 Å². The second-order valence-corrected chi connectivity index (χ2v) is 3.05. The van der Waals surface area contributed by atoms with Crippen molar-refractivity contribution < 1.29 is 4.42 Å². The van der Waals surface area contributed by atoms with Crippen molar-refractivity contribution in [3.05, 3.63) is 36.0 Å². The molecule has 0 bridgehead atoms. The lowest BCUT2D eigenvalue weighted by Crippen LogP contribution is -2.17. The molecule has 2 aromatic rings. The summed E-state index contributed by atoms with van der Waals surface area (Å²) in [5, 5.41) is 11.0. The van der Waals surface area contributed by atoms with E-state index in [2.05, 4.69) is 15.6 Å². The molecule has 5 nitrogen and oxygen atoms in total. The molecule has 0 spiro atoms. The van der Waals surface area contributed by atoms with Crippen LogP contribution >= 0.6 is 0 Å². The Morgan fingerprint density at radius 2 is 2.43 bits per heavy atom. The third kappa shape index (κ3) is 1.54. The molecule has 1 unspecified atom stereocenters. The Morgan fingerprint density at radius 1 is 1.57 bits per heavy atom. The van der Waals surface area contributed by atoms with Gasteiger partial charge in [-0.2, -0.15) is 0 Å². The molecule has 2 heterocycles. The second-order valence-electron chi connectivity index (χ2n) is 3.05. The fraction of sp³-hybridized carbons (Fsp3) is 0.333. The maximum atomic E-state index is 5.31. The lowest BCUT2D eigenvalue weighted by atomic mass is 10.2. The zero-order valence-electron chi connectivity index (χ0n) is 8.14. The van der Waals surface area contributed by atoms with Gasteiger partial charge in [-0.15, -0.1) is 5.10 Å². The zero-order chi connectivity index (χ0) is 9.97. The average Bonchev–Trinajstić information content (AvgIpc) is 2.79. The third-order valence-corrected chi connectivity index (χ3v) is 2.03. The van der Waals surface area contributed by atoms with Gasteiger partial charge in [-0.3, -0.25) is 4.68 Å². The lowest BCUT2D eigenvalue weighted by Gasteiger charge is -2.08. The Bertz CT molecular complexity index is 393. The summed E-state index contributed by atoms with van der Waals surface area (Å²) in [6.45, 7) is 0. The summed E-state index contributed by atoms with van der Waals surface area (Å²) >= 11 is 0. The monoisotopic (exact) mass is 192 g/mol. The zero-order valence-corrected chi connectivity index (χ0v) is 8.14. The number of hydrogen-bond donors (Lipinski definition) is 1. The number of aromatic nitrogens is 3. The van der Waals surface area contributed by atoms with E-state index in [1.54, 1.807) is 10.9 Å². The maximum Gasteiger partial charge on any atom is 0.126 e. The number of nitrogens with zero attached hydrogens (tertiary/aromatic N) is 3. The molecule has 0 fully saturated rings. The molecule has 74 valence electrons. The van der Waals surface area contributed by atoms with Gasteiger partial charge < -0.3 is 9.73 Å². The quantitative estimate of drug-likeness (QED) is 0.778. The smallest absolute Gasteiger partial charge is 0.126 e. The van der Waals surface area contributed by atoms with E-state index >= 15 is 0 Å². The molecular formula is C9H12N4O. The number of aryl methyl sites for hydroxylation is 1. The van der Waals surface area contributed by atoms with Crippen molar-refractivity contribution in [2.24, 2.45) is 7.05 Å². The van der Waals surface area contributed by atoms with E-state index in [9.17, 15) is 0 Å². The van der Waals surface area contributed by atoms with E-state index < -0.39 is 0 Å². The van der Waals surface area contributed by atoms with Crippen LogP contribution < -0.4 is 5.32 Å². The topological polar surface area (TPSA) is 55.9 Å². The molecule has 5 heteroatoms. The molecule has 1 atom stereocenters. The van der Waals surface area contributed by atoms with Gasteiger partial charge >= 0.3 is 0 Å². The largest absolute Gasteiger partial charge is 0.467 e. The van der Waals surface area contributed by atoms with Gasteiger partial charge in [-0.1, -0.05) is 5.21 Å². The van der Waals surface area contributed by atoms with Gasteiger partial charge in [-0.05, 0) is 19.2 Å². The molecule has 0 aliphatic carbocycles. The van der Waals surface area contributed by atoms with Gasteiger partial charge in [-0.25, -0.2) is 0 Å². The molecule has 0 aliphatic rings. The molecule has 0 amide bonds. The fourth-order valence-electron chi connectivity index (χ4n) is 1.39. The molecule has 2 aromatic heterocycles. The van der Waals surface area contributed by atoms with Crippen molar-refractivity contribution in [1.82, 2.24) is 20.3 Å². The Morgan fingerprint density at radius 3 is 2.93 bits per heavy atom. The first-order chi connectivity index (χ1) is 6.81. The molecule has 14 heavy (non-hydrogen) atoms. The van der Waals surface area contributed by atoms with Crippen LogP contribution in [-0.2, 0) is 7.05 Å². The highest BCUT2D eigenvalue weighted by Gasteiger charge is 2.17. The first-order valence-electron chi connectivity index (χ1n) is 4.38. The summed E-state index contributed by atoms with van der Waals surface area (Å²) in [6, 6.07) is 3.74. The summed E-state index contributed by atoms with van der Waals surface area (Å²) in [5.74, 6) is 0.841. The van der Waals surface area contributed by atoms with E-state index in [0.29, 0.717) is 0 Å². The van der Waals surface area contributed by atoms with Crippen LogP contribution in [-0.4, -0.2) is 22.0 Å². The Balaban J connectivity index is 2.31. The lowest BCUT2D eigenvalue weighted by molar-refractivity contribution is 0.458. The summed E-state index contributed by atoms with van der Waals surface area (Å²) in [5.41, 5.74) is 0.852. The van der Waals surface area contributed by atoms with Crippen molar-refractivity contribution in [3.8, 4) is 0 Å². The number of nitrogens with one attached hydrogen (secondary N) is 1. The number of rotatable bonds is 3. The highest BCUT2D eigenvalue weighted by molar-refractivity contribution is 5.16. The van der Waals surface area contributed by atoms with Crippen LogP contribution in [0.3, 0.4) is 0 Å². The molecule has 0 saturated heterocycles. The second kappa shape index (κ2) is 3.63. The summed E-state index contributed by atoms with van der Waals surface area (Å²) in [7, 11) is 3.70.